The lowest BCUT2D eigenvalue weighted by atomic mass is 10.3. The van der Waals surface area contributed by atoms with E-state index in [9.17, 15) is 0 Å². The van der Waals surface area contributed by atoms with Gasteiger partial charge in [0.2, 0.25) is 5.88 Å². The van der Waals surface area contributed by atoms with Gasteiger partial charge in [-0.1, -0.05) is 6.92 Å². The van der Waals surface area contributed by atoms with Crippen LogP contribution in [0.2, 0.25) is 0 Å². The van der Waals surface area contributed by atoms with Crippen LogP contribution in [-0.4, -0.2) is 11.6 Å². The Kier molecular flexibility index (Phi) is 4.02. The van der Waals surface area contributed by atoms with Gasteiger partial charge in [-0.2, -0.15) is 0 Å². The van der Waals surface area contributed by atoms with Crippen molar-refractivity contribution in [2.24, 2.45) is 0 Å². The summed E-state index contributed by atoms with van der Waals surface area (Å²) in [4.78, 5) is 4.07. The van der Waals surface area contributed by atoms with Crippen LogP contribution in [0.1, 0.15) is 13.3 Å². The monoisotopic (exact) mass is 244 g/mol. The van der Waals surface area contributed by atoms with Crippen molar-refractivity contribution < 1.29 is 9.47 Å². The van der Waals surface area contributed by atoms with Gasteiger partial charge in [0.15, 0.2) is 0 Å². The Morgan fingerprint density at radius 1 is 1.11 bits per heavy atom. The molecule has 0 aliphatic heterocycles. The lowest BCUT2D eigenvalue weighted by Crippen LogP contribution is -1.95. The molecule has 0 atom stereocenters. The van der Waals surface area contributed by atoms with Crippen LogP contribution in [0.15, 0.2) is 42.6 Å². The van der Waals surface area contributed by atoms with E-state index < -0.39 is 0 Å². The van der Waals surface area contributed by atoms with Gasteiger partial charge in [0.05, 0.1) is 6.61 Å². The number of anilines is 1. The van der Waals surface area contributed by atoms with Crippen molar-refractivity contribution in [3.8, 4) is 17.4 Å². The Labute approximate surface area is 106 Å². The van der Waals surface area contributed by atoms with Gasteiger partial charge in [0, 0.05) is 18.0 Å². The van der Waals surface area contributed by atoms with Gasteiger partial charge in [-0.05, 0) is 36.8 Å². The molecule has 0 amide bonds. The van der Waals surface area contributed by atoms with Crippen LogP contribution >= 0.6 is 0 Å². The summed E-state index contributed by atoms with van der Waals surface area (Å²) in [6.07, 6.45) is 2.61. The molecule has 0 radical (unpaired) electrons. The molecule has 4 heteroatoms. The topological polar surface area (TPSA) is 57.4 Å². The molecule has 1 aromatic carbocycles. The summed E-state index contributed by atoms with van der Waals surface area (Å²) in [7, 11) is 0. The molecule has 2 rings (SSSR count). The minimum Gasteiger partial charge on any atom is -0.494 e. The molecule has 0 aliphatic rings. The number of nitrogens with zero attached hydrogens (tertiary/aromatic N) is 1. The minimum absolute atomic E-state index is 0.484. The largest absolute Gasteiger partial charge is 0.494 e. The molecule has 0 bridgehead atoms. The fourth-order valence-corrected chi connectivity index (χ4v) is 1.43. The van der Waals surface area contributed by atoms with Crippen molar-refractivity contribution in [1.82, 2.24) is 4.98 Å². The number of ether oxygens (including phenoxy) is 2. The maximum Gasteiger partial charge on any atom is 0.221 e. The van der Waals surface area contributed by atoms with Crippen molar-refractivity contribution >= 4 is 5.69 Å². The Morgan fingerprint density at radius 3 is 2.50 bits per heavy atom. The number of nitrogens with two attached hydrogens (primary N) is 1. The molecule has 2 aromatic rings. The molecule has 0 unspecified atom stereocenters. The lowest BCUT2D eigenvalue weighted by molar-refractivity contribution is 0.317. The van der Waals surface area contributed by atoms with Crippen LogP contribution in [0, 0.1) is 0 Å². The smallest absolute Gasteiger partial charge is 0.221 e. The summed E-state index contributed by atoms with van der Waals surface area (Å²) in [5, 5.41) is 0. The molecule has 94 valence electrons. The SMILES string of the molecule is CCCOc1ccc(Oc2cc(N)ccn2)cc1. The first-order chi connectivity index (χ1) is 8.78. The van der Waals surface area contributed by atoms with E-state index in [-0.39, 0.29) is 0 Å². The molecule has 18 heavy (non-hydrogen) atoms. The number of aromatic nitrogens is 1. The maximum atomic E-state index is 5.65. The zero-order valence-electron chi connectivity index (χ0n) is 10.3. The summed E-state index contributed by atoms with van der Waals surface area (Å²) in [6, 6.07) is 10.8. The number of rotatable bonds is 5. The van der Waals surface area contributed by atoms with Crippen LogP contribution in [0.5, 0.6) is 17.4 Å². The Balaban J connectivity index is 2.02. The van der Waals surface area contributed by atoms with Gasteiger partial charge < -0.3 is 15.2 Å². The van der Waals surface area contributed by atoms with Crippen LogP contribution < -0.4 is 15.2 Å². The zero-order valence-corrected chi connectivity index (χ0v) is 10.3. The van der Waals surface area contributed by atoms with Gasteiger partial charge in [-0.25, -0.2) is 4.98 Å². The molecule has 4 nitrogen and oxygen atoms in total. The van der Waals surface area contributed by atoms with Crippen LogP contribution in [0.3, 0.4) is 0 Å². The first-order valence-corrected chi connectivity index (χ1v) is 5.90. The number of benzene rings is 1. The van der Waals surface area contributed by atoms with Crippen molar-refractivity contribution in [2.75, 3.05) is 12.3 Å². The van der Waals surface area contributed by atoms with E-state index in [2.05, 4.69) is 11.9 Å². The number of pyridine rings is 1. The predicted octanol–water partition coefficient (Wildman–Crippen LogP) is 3.24. The van der Waals surface area contributed by atoms with Crippen LogP contribution in [0.25, 0.3) is 0 Å². The summed E-state index contributed by atoms with van der Waals surface area (Å²) >= 11 is 0. The van der Waals surface area contributed by atoms with Crippen molar-refractivity contribution in [1.29, 1.82) is 0 Å². The quantitative estimate of drug-likeness (QED) is 0.877. The second kappa shape index (κ2) is 5.91. The first-order valence-electron chi connectivity index (χ1n) is 5.90. The second-order valence-corrected chi connectivity index (χ2v) is 3.85. The minimum atomic E-state index is 0.484. The van der Waals surface area contributed by atoms with Crippen LogP contribution in [-0.2, 0) is 0 Å². The summed E-state index contributed by atoms with van der Waals surface area (Å²) in [5.74, 6) is 2.03. The average molecular weight is 244 g/mol. The van der Waals surface area contributed by atoms with E-state index in [4.69, 9.17) is 15.2 Å². The normalized spacial score (nSPS) is 10.1. The third-order valence-electron chi connectivity index (χ3n) is 2.28. The molecule has 2 N–H and O–H groups in total. The molecule has 1 aromatic heterocycles. The first kappa shape index (κ1) is 12.2. The Morgan fingerprint density at radius 2 is 1.83 bits per heavy atom. The number of hydrogen-bond acceptors (Lipinski definition) is 4. The third-order valence-corrected chi connectivity index (χ3v) is 2.28. The molecular formula is C14H16N2O2. The molecule has 0 saturated carbocycles. The summed E-state index contributed by atoms with van der Waals surface area (Å²) < 4.78 is 11.1. The van der Waals surface area contributed by atoms with E-state index in [1.165, 1.54) is 0 Å². The number of hydrogen-bond donors (Lipinski definition) is 1. The van der Waals surface area contributed by atoms with Gasteiger partial charge in [0.25, 0.3) is 0 Å². The van der Waals surface area contributed by atoms with E-state index >= 15 is 0 Å². The van der Waals surface area contributed by atoms with Gasteiger partial charge >= 0.3 is 0 Å². The lowest BCUT2D eigenvalue weighted by Gasteiger charge is -2.07. The van der Waals surface area contributed by atoms with Crippen molar-refractivity contribution in [2.45, 2.75) is 13.3 Å². The fourth-order valence-electron chi connectivity index (χ4n) is 1.43. The number of nitrogen functional groups attached to an aromatic ring is 1. The van der Waals surface area contributed by atoms with E-state index in [0.717, 1.165) is 18.8 Å². The van der Waals surface area contributed by atoms with E-state index in [0.29, 0.717) is 17.3 Å². The molecule has 0 aliphatic carbocycles. The summed E-state index contributed by atoms with van der Waals surface area (Å²) in [5.41, 5.74) is 6.28. The highest BCUT2D eigenvalue weighted by molar-refractivity contribution is 5.41. The average Bonchev–Trinajstić information content (AvgIpc) is 2.38. The Hall–Kier alpha value is -2.23. The van der Waals surface area contributed by atoms with Crippen LogP contribution in [0.4, 0.5) is 5.69 Å². The second-order valence-electron chi connectivity index (χ2n) is 3.85. The van der Waals surface area contributed by atoms with Gasteiger partial charge in [0.1, 0.15) is 11.5 Å². The summed E-state index contributed by atoms with van der Waals surface area (Å²) in [6.45, 7) is 2.79. The predicted molar refractivity (Wildman–Crippen MR) is 71.0 cm³/mol. The highest BCUT2D eigenvalue weighted by atomic mass is 16.5. The molecular weight excluding hydrogens is 228 g/mol. The third kappa shape index (κ3) is 3.38. The molecule has 0 fully saturated rings. The van der Waals surface area contributed by atoms with Crippen molar-refractivity contribution in [3.63, 3.8) is 0 Å². The fraction of sp³-hybridized carbons (Fsp3) is 0.214. The molecule has 0 saturated heterocycles. The molecule has 1 heterocycles. The molecule has 0 spiro atoms. The van der Waals surface area contributed by atoms with Crippen molar-refractivity contribution in [3.05, 3.63) is 42.6 Å². The highest BCUT2D eigenvalue weighted by Crippen LogP contribution is 2.23. The zero-order chi connectivity index (χ0) is 12.8. The Bertz CT molecular complexity index is 497. The van der Waals surface area contributed by atoms with Gasteiger partial charge in [-0.15, -0.1) is 0 Å². The maximum absolute atomic E-state index is 5.65. The van der Waals surface area contributed by atoms with E-state index in [1.807, 2.05) is 24.3 Å². The standard InChI is InChI=1S/C14H16N2O2/c1-2-9-17-12-3-5-13(6-4-12)18-14-10-11(15)7-8-16-14/h3-8,10H,2,9H2,1H3,(H2,15,16). The highest BCUT2D eigenvalue weighted by Gasteiger charge is 2.00. The van der Waals surface area contributed by atoms with E-state index in [1.54, 1.807) is 18.3 Å². The van der Waals surface area contributed by atoms with Gasteiger partial charge in [-0.3, -0.25) is 0 Å².